The van der Waals surface area contributed by atoms with Crippen LogP contribution in [0.1, 0.15) is 94.9 Å². The molecule has 1 saturated heterocycles. The predicted octanol–water partition coefficient (Wildman–Crippen LogP) is 3.53. The van der Waals surface area contributed by atoms with Crippen LogP contribution in [0.15, 0.2) is 12.7 Å². The number of Topliss-reactive ketones (excluding diaryl/α,β-unsaturated/α-hetero) is 1. The number of likely N-dealkylation sites (tertiary alicyclic amines) is 1. The number of likely N-dealkylation sites (N-methyl/N-ethyl adjacent to an activating group) is 2. The highest BCUT2D eigenvalue weighted by Crippen LogP contribution is 2.27. The number of primary amides is 1. The van der Waals surface area contributed by atoms with Gasteiger partial charge in [0.2, 0.25) is 17.6 Å². The van der Waals surface area contributed by atoms with Crippen molar-refractivity contribution in [2.75, 3.05) is 33.7 Å². The maximum absolute atomic E-state index is 12.1. The average molecular weight is 667 g/mol. The quantitative estimate of drug-likeness (QED) is 0.148. The molecule has 0 aromatic carbocycles. The molecule has 0 radical (unpaired) electrons. The van der Waals surface area contributed by atoms with E-state index < -0.39 is 29.8 Å². The Morgan fingerprint density at radius 1 is 1.02 bits per heavy atom. The number of carbonyl (C=O) groups excluding carboxylic acids is 6. The number of rotatable bonds is 11. The van der Waals surface area contributed by atoms with Gasteiger partial charge in [-0.2, -0.15) is 0 Å². The second kappa shape index (κ2) is 23.1. The number of aldehydes is 1. The number of nitrogens with one attached hydrogen (secondary N) is 3. The molecule has 5 N–H and O–H groups in total. The van der Waals surface area contributed by atoms with Gasteiger partial charge in [-0.1, -0.05) is 87.7 Å². The molecule has 1 aliphatic carbocycles. The molecule has 3 unspecified atom stereocenters. The standard InChI is InChI=1S/2C13H23N3O3.C5H10.C4H10/c1-7(2)9-5-10(16(4)6-9)13(19)15-8(3)11(17)12(14)18;1-6-7-16(5)11(18)8-14-12(19)15-10(9-17)13(2,3)4;1-5-3-2-4-5;1-4(2)3/h7-10H,5-6H2,1-4H3,(H2,14,18)(H,15,19);6,9-10H,1,7-8H2,2-5H3,(H2,14,15,19);5H,2-4H2,1H3;4H,1-3H3/t8?,9?,10-;;;/m0.../s1. The predicted molar refractivity (Wildman–Crippen MR) is 188 cm³/mol. The van der Waals surface area contributed by atoms with E-state index in [0.717, 1.165) is 24.8 Å². The van der Waals surface area contributed by atoms with Gasteiger partial charge in [-0.25, -0.2) is 4.79 Å². The summed E-state index contributed by atoms with van der Waals surface area (Å²) in [4.78, 5) is 71.7. The summed E-state index contributed by atoms with van der Waals surface area (Å²) < 4.78 is 0. The molecule has 1 heterocycles. The lowest BCUT2D eigenvalue weighted by atomic mass is 9.88. The number of hydrogen-bond donors (Lipinski definition) is 4. The molecule has 2 aliphatic rings. The van der Waals surface area contributed by atoms with Gasteiger partial charge in [0.25, 0.3) is 5.91 Å². The number of urea groups is 1. The lowest BCUT2D eigenvalue weighted by Crippen LogP contribution is -2.50. The summed E-state index contributed by atoms with van der Waals surface area (Å²) in [6.45, 7) is 24.8. The molecule has 0 bridgehead atoms. The first-order valence-electron chi connectivity index (χ1n) is 16.8. The fraction of sp³-hybridized carbons (Fsp3) is 0.771. The molecule has 47 heavy (non-hydrogen) atoms. The van der Waals surface area contributed by atoms with Crippen LogP contribution in [0.4, 0.5) is 4.79 Å². The van der Waals surface area contributed by atoms with Crippen molar-refractivity contribution in [2.24, 2.45) is 34.8 Å². The number of amides is 5. The Labute approximate surface area is 284 Å². The van der Waals surface area contributed by atoms with Gasteiger partial charge in [-0.15, -0.1) is 6.58 Å². The maximum Gasteiger partial charge on any atom is 0.315 e. The molecular formula is C35H66N6O6. The van der Waals surface area contributed by atoms with Gasteiger partial charge in [0, 0.05) is 20.1 Å². The molecule has 12 nitrogen and oxygen atoms in total. The van der Waals surface area contributed by atoms with Crippen LogP contribution in [-0.4, -0.2) is 97.5 Å². The smallest absolute Gasteiger partial charge is 0.315 e. The van der Waals surface area contributed by atoms with Crippen LogP contribution in [0.2, 0.25) is 0 Å². The van der Waals surface area contributed by atoms with Gasteiger partial charge in [-0.3, -0.25) is 24.1 Å². The van der Waals surface area contributed by atoms with Gasteiger partial charge in [0.15, 0.2) is 0 Å². The highest BCUT2D eigenvalue weighted by Gasteiger charge is 2.36. The van der Waals surface area contributed by atoms with E-state index in [1.54, 1.807) is 13.1 Å². The minimum atomic E-state index is -1.02. The first-order chi connectivity index (χ1) is 21.6. The molecule has 5 amide bonds. The first-order valence-corrected chi connectivity index (χ1v) is 16.8. The van der Waals surface area contributed by atoms with E-state index in [4.69, 9.17) is 5.73 Å². The zero-order valence-electron chi connectivity index (χ0n) is 31.3. The summed E-state index contributed by atoms with van der Waals surface area (Å²) in [5.74, 6) is 0.658. The number of hydrogen-bond acceptors (Lipinski definition) is 7. The van der Waals surface area contributed by atoms with Crippen molar-refractivity contribution >= 4 is 35.8 Å². The van der Waals surface area contributed by atoms with E-state index in [1.807, 2.05) is 32.7 Å². The topological polar surface area (TPSA) is 171 Å². The van der Waals surface area contributed by atoms with E-state index >= 15 is 0 Å². The number of carbonyl (C=O) groups is 6. The summed E-state index contributed by atoms with van der Waals surface area (Å²) in [7, 11) is 3.51. The van der Waals surface area contributed by atoms with Crippen molar-refractivity contribution in [3.63, 3.8) is 0 Å². The number of ketones is 1. The minimum Gasteiger partial charge on any atom is -0.363 e. The molecule has 0 aromatic rings. The van der Waals surface area contributed by atoms with Crippen LogP contribution in [0.25, 0.3) is 0 Å². The summed E-state index contributed by atoms with van der Waals surface area (Å²) in [5.41, 5.74) is 4.53. The SMILES string of the molecule is C=CCN(C)C(=O)CNC(=O)NC(C=O)C(C)(C)C.CC(C)C.CC(NC(=O)[C@@H]1CC(C(C)C)CN1C)C(=O)C(N)=O.CC1CCC1. The van der Waals surface area contributed by atoms with Crippen LogP contribution in [0, 0.1) is 29.1 Å². The molecule has 0 aromatic heterocycles. The molecule has 2 fully saturated rings. The van der Waals surface area contributed by atoms with Gasteiger partial charge in [0.1, 0.15) is 6.29 Å². The molecule has 272 valence electrons. The van der Waals surface area contributed by atoms with Crippen molar-refractivity contribution in [3.05, 3.63) is 12.7 Å². The summed E-state index contributed by atoms with van der Waals surface area (Å²) in [6.07, 6.45) is 7.52. The first kappa shape index (κ1) is 45.8. The van der Waals surface area contributed by atoms with Crippen molar-refractivity contribution in [1.82, 2.24) is 25.8 Å². The summed E-state index contributed by atoms with van der Waals surface area (Å²) in [5, 5.41) is 7.51. The highest BCUT2D eigenvalue weighted by molar-refractivity contribution is 6.37. The monoisotopic (exact) mass is 667 g/mol. The Balaban J connectivity index is 0. The van der Waals surface area contributed by atoms with Crippen LogP contribution >= 0.6 is 0 Å². The zero-order valence-corrected chi connectivity index (χ0v) is 31.3. The van der Waals surface area contributed by atoms with E-state index in [9.17, 15) is 28.8 Å². The van der Waals surface area contributed by atoms with Gasteiger partial charge < -0.3 is 31.4 Å². The Bertz CT molecular complexity index is 1000. The van der Waals surface area contributed by atoms with Crippen molar-refractivity contribution in [1.29, 1.82) is 0 Å². The van der Waals surface area contributed by atoms with Crippen molar-refractivity contribution < 1.29 is 28.8 Å². The van der Waals surface area contributed by atoms with Crippen LogP contribution in [0.5, 0.6) is 0 Å². The van der Waals surface area contributed by atoms with Gasteiger partial charge in [-0.05, 0) is 49.5 Å². The minimum absolute atomic E-state index is 0.119. The van der Waals surface area contributed by atoms with Crippen LogP contribution < -0.4 is 21.7 Å². The largest absolute Gasteiger partial charge is 0.363 e. The van der Waals surface area contributed by atoms with Crippen LogP contribution in [0.3, 0.4) is 0 Å². The Hall–Kier alpha value is -3.28. The summed E-state index contributed by atoms with van der Waals surface area (Å²) >= 11 is 0. The van der Waals surface area contributed by atoms with Gasteiger partial charge in [0.05, 0.1) is 24.7 Å². The highest BCUT2D eigenvalue weighted by atomic mass is 16.2. The Kier molecular flexibility index (Phi) is 22.5. The third kappa shape index (κ3) is 20.5. The second-order valence-electron chi connectivity index (χ2n) is 14.8. The molecule has 2 rings (SSSR count). The molecule has 12 heteroatoms. The Morgan fingerprint density at radius 3 is 1.87 bits per heavy atom. The van der Waals surface area contributed by atoms with E-state index in [1.165, 1.54) is 31.1 Å². The van der Waals surface area contributed by atoms with E-state index in [2.05, 4.69) is 64.1 Å². The maximum atomic E-state index is 12.1. The molecular weight excluding hydrogens is 600 g/mol. The van der Waals surface area contributed by atoms with Crippen molar-refractivity contribution in [3.8, 4) is 0 Å². The van der Waals surface area contributed by atoms with Crippen molar-refractivity contribution in [2.45, 2.75) is 113 Å². The number of nitrogens with two attached hydrogens (primary N) is 1. The Morgan fingerprint density at radius 2 is 1.53 bits per heavy atom. The second-order valence-corrected chi connectivity index (χ2v) is 14.8. The molecule has 0 spiro atoms. The molecule has 1 saturated carbocycles. The van der Waals surface area contributed by atoms with Crippen LogP contribution in [-0.2, 0) is 24.0 Å². The third-order valence-corrected chi connectivity index (χ3v) is 7.80. The zero-order chi connectivity index (χ0) is 37.1. The summed E-state index contributed by atoms with van der Waals surface area (Å²) in [6, 6.07) is -2.24. The average Bonchev–Trinajstić information content (AvgIpc) is 3.34. The normalized spacial score (nSPS) is 18.7. The third-order valence-electron chi connectivity index (χ3n) is 7.80. The lowest BCUT2D eigenvalue weighted by molar-refractivity contribution is -0.138. The van der Waals surface area contributed by atoms with E-state index in [0.29, 0.717) is 24.7 Å². The fourth-order valence-corrected chi connectivity index (χ4v) is 4.26. The molecule has 4 atom stereocenters. The van der Waals surface area contributed by atoms with Gasteiger partial charge >= 0.3 is 6.03 Å². The fourth-order valence-electron chi connectivity index (χ4n) is 4.26. The molecule has 1 aliphatic heterocycles. The number of nitrogens with zero attached hydrogens (tertiary/aromatic N) is 2. The van der Waals surface area contributed by atoms with E-state index in [-0.39, 0.29) is 29.8 Å². The lowest BCUT2D eigenvalue weighted by Gasteiger charge is -2.26.